The molecule has 1 fully saturated rings. The van der Waals surface area contributed by atoms with Crippen molar-refractivity contribution in [3.63, 3.8) is 0 Å². The van der Waals surface area contributed by atoms with Crippen LogP contribution in [0.4, 0.5) is 5.13 Å². The van der Waals surface area contributed by atoms with Gasteiger partial charge in [-0.25, -0.2) is 4.98 Å². The standard InChI is InChI=1S/C18H25N3O2S/c1-2-14(22)7-10-19-17(23)13-8-11-21(12-9-13)18-20-15-5-3-4-6-16(15)24-18/h3-6,13-14,22H,2,7-12H2,1H3,(H,19,23). The monoisotopic (exact) mass is 347 g/mol. The van der Waals surface area contributed by atoms with Crippen LogP contribution in [0.3, 0.4) is 0 Å². The molecule has 2 N–H and O–H groups in total. The van der Waals surface area contributed by atoms with Gasteiger partial charge in [-0.1, -0.05) is 30.4 Å². The molecule has 1 atom stereocenters. The molecule has 2 heterocycles. The highest BCUT2D eigenvalue weighted by Crippen LogP contribution is 2.31. The number of fused-ring (bicyclic) bond motifs is 1. The smallest absolute Gasteiger partial charge is 0.223 e. The van der Waals surface area contributed by atoms with E-state index in [1.165, 1.54) is 4.70 Å². The molecular weight excluding hydrogens is 322 g/mol. The molecule has 3 rings (SSSR count). The molecule has 0 bridgehead atoms. The minimum atomic E-state index is -0.314. The summed E-state index contributed by atoms with van der Waals surface area (Å²) < 4.78 is 1.21. The molecule has 0 radical (unpaired) electrons. The lowest BCUT2D eigenvalue weighted by Crippen LogP contribution is -2.41. The second kappa shape index (κ2) is 7.94. The van der Waals surface area contributed by atoms with Crippen molar-refractivity contribution in [3.05, 3.63) is 24.3 Å². The highest BCUT2D eigenvalue weighted by Gasteiger charge is 2.26. The van der Waals surface area contributed by atoms with Crippen LogP contribution in [-0.4, -0.2) is 41.7 Å². The number of aromatic nitrogens is 1. The zero-order chi connectivity index (χ0) is 16.9. The van der Waals surface area contributed by atoms with Crippen LogP contribution < -0.4 is 10.2 Å². The molecule has 6 heteroatoms. The SMILES string of the molecule is CCC(O)CCNC(=O)C1CCN(c2nc3ccccc3s2)CC1. The van der Waals surface area contributed by atoms with E-state index in [2.05, 4.69) is 16.3 Å². The van der Waals surface area contributed by atoms with Gasteiger partial charge in [-0.3, -0.25) is 4.79 Å². The fraction of sp³-hybridized carbons (Fsp3) is 0.556. The minimum absolute atomic E-state index is 0.0781. The number of nitrogens with zero attached hydrogens (tertiary/aromatic N) is 2. The first-order valence-corrected chi connectivity index (χ1v) is 9.55. The maximum Gasteiger partial charge on any atom is 0.223 e. The average Bonchev–Trinajstić information content (AvgIpc) is 3.05. The van der Waals surface area contributed by atoms with Crippen LogP contribution in [0.15, 0.2) is 24.3 Å². The van der Waals surface area contributed by atoms with E-state index in [4.69, 9.17) is 4.98 Å². The van der Waals surface area contributed by atoms with Crippen molar-refractivity contribution in [1.29, 1.82) is 0 Å². The lowest BCUT2D eigenvalue weighted by atomic mass is 9.96. The van der Waals surface area contributed by atoms with Gasteiger partial charge in [0.1, 0.15) is 0 Å². The summed E-state index contributed by atoms with van der Waals surface area (Å²) in [5.74, 6) is 0.205. The summed E-state index contributed by atoms with van der Waals surface area (Å²) >= 11 is 1.72. The number of carbonyl (C=O) groups excluding carboxylic acids is 1. The predicted octanol–water partition coefficient (Wildman–Crippen LogP) is 2.79. The van der Waals surface area contributed by atoms with Crippen molar-refractivity contribution >= 4 is 32.6 Å². The van der Waals surface area contributed by atoms with Crippen molar-refractivity contribution in [2.45, 2.75) is 38.7 Å². The third kappa shape index (κ3) is 4.05. The van der Waals surface area contributed by atoms with Crippen molar-refractivity contribution in [2.75, 3.05) is 24.5 Å². The number of thiazole rings is 1. The van der Waals surface area contributed by atoms with E-state index in [9.17, 15) is 9.90 Å². The van der Waals surface area contributed by atoms with Crippen molar-refractivity contribution in [2.24, 2.45) is 5.92 Å². The molecule has 130 valence electrons. The Kier molecular flexibility index (Phi) is 5.68. The van der Waals surface area contributed by atoms with Gasteiger partial charge in [0, 0.05) is 25.6 Å². The zero-order valence-electron chi connectivity index (χ0n) is 14.1. The molecule has 24 heavy (non-hydrogen) atoms. The van der Waals surface area contributed by atoms with Gasteiger partial charge >= 0.3 is 0 Å². The summed E-state index contributed by atoms with van der Waals surface area (Å²) in [6, 6.07) is 8.19. The maximum atomic E-state index is 12.2. The Morgan fingerprint density at radius 2 is 2.17 bits per heavy atom. The molecule has 1 unspecified atom stereocenters. The molecule has 2 aromatic rings. The summed E-state index contributed by atoms with van der Waals surface area (Å²) in [7, 11) is 0. The summed E-state index contributed by atoms with van der Waals surface area (Å²) in [4.78, 5) is 19.2. The van der Waals surface area contributed by atoms with Crippen molar-refractivity contribution in [3.8, 4) is 0 Å². The Bertz CT molecular complexity index is 647. The van der Waals surface area contributed by atoms with Crippen LogP contribution >= 0.6 is 11.3 Å². The van der Waals surface area contributed by atoms with E-state index in [0.717, 1.165) is 43.0 Å². The molecule has 1 aromatic heterocycles. The summed E-state index contributed by atoms with van der Waals surface area (Å²) in [6.07, 6.45) is 2.77. The molecule has 0 saturated carbocycles. The molecule has 5 nitrogen and oxygen atoms in total. The van der Waals surface area contributed by atoms with Crippen LogP contribution in [0.5, 0.6) is 0 Å². The van der Waals surface area contributed by atoms with Gasteiger partial charge in [0.05, 0.1) is 16.3 Å². The summed E-state index contributed by atoms with van der Waals surface area (Å²) in [5.41, 5.74) is 1.05. The van der Waals surface area contributed by atoms with E-state index in [1.54, 1.807) is 11.3 Å². The van der Waals surface area contributed by atoms with Gasteiger partial charge in [0.25, 0.3) is 0 Å². The van der Waals surface area contributed by atoms with E-state index < -0.39 is 0 Å². The number of aliphatic hydroxyl groups excluding tert-OH is 1. The number of aliphatic hydroxyl groups is 1. The van der Waals surface area contributed by atoms with E-state index in [0.29, 0.717) is 13.0 Å². The van der Waals surface area contributed by atoms with E-state index in [1.807, 2.05) is 25.1 Å². The first kappa shape index (κ1) is 17.2. The lowest BCUT2D eigenvalue weighted by molar-refractivity contribution is -0.125. The molecule has 1 aliphatic rings. The molecule has 1 amide bonds. The Hall–Kier alpha value is -1.66. The Balaban J connectivity index is 1.49. The number of piperidine rings is 1. The van der Waals surface area contributed by atoms with Crippen LogP contribution in [0, 0.1) is 5.92 Å². The lowest BCUT2D eigenvalue weighted by Gasteiger charge is -2.31. The number of benzene rings is 1. The van der Waals surface area contributed by atoms with Gasteiger partial charge in [-0.15, -0.1) is 0 Å². The van der Waals surface area contributed by atoms with E-state index in [-0.39, 0.29) is 17.9 Å². The Labute approximate surface area is 146 Å². The number of anilines is 1. The molecule has 0 spiro atoms. The number of carbonyl (C=O) groups is 1. The third-order valence-electron chi connectivity index (χ3n) is 4.67. The molecule has 1 aromatic carbocycles. The average molecular weight is 347 g/mol. The first-order valence-electron chi connectivity index (χ1n) is 8.73. The normalized spacial score (nSPS) is 17.2. The van der Waals surface area contributed by atoms with Gasteiger partial charge in [0.2, 0.25) is 5.91 Å². The largest absolute Gasteiger partial charge is 0.393 e. The van der Waals surface area contributed by atoms with Crippen molar-refractivity contribution < 1.29 is 9.90 Å². The second-order valence-corrected chi connectivity index (χ2v) is 7.38. The molecular formula is C18H25N3O2S. The van der Waals surface area contributed by atoms with Gasteiger partial charge in [0.15, 0.2) is 5.13 Å². The van der Waals surface area contributed by atoms with Crippen LogP contribution in [-0.2, 0) is 4.79 Å². The number of nitrogens with one attached hydrogen (secondary N) is 1. The Morgan fingerprint density at radius 1 is 1.42 bits per heavy atom. The topological polar surface area (TPSA) is 65.5 Å². The molecule has 1 aliphatic heterocycles. The number of rotatable bonds is 6. The second-order valence-electron chi connectivity index (χ2n) is 6.37. The first-order chi connectivity index (χ1) is 11.7. The number of hydrogen-bond acceptors (Lipinski definition) is 5. The van der Waals surface area contributed by atoms with Crippen LogP contribution in [0.2, 0.25) is 0 Å². The van der Waals surface area contributed by atoms with Gasteiger partial charge in [-0.2, -0.15) is 0 Å². The summed E-state index contributed by atoms with van der Waals surface area (Å²) in [6.45, 7) is 4.25. The van der Waals surface area contributed by atoms with Crippen LogP contribution in [0.25, 0.3) is 10.2 Å². The van der Waals surface area contributed by atoms with Gasteiger partial charge < -0.3 is 15.3 Å². The fourth-order valence-corrected chi connectivity index (χ4v) is 4.06. The van der Waals surface area contributed by atoms with Crippen LogP contribution in [0.1, 0.15) is 32.6 Å². The number of para-hydroxylation sites is 1. The maximum absolute atomic E-state index is 12.2. The van der Waals surface area contributed by atoms with E-state index >= 15 is 0 Å². The van der Waals surface area contributed by atoms with Crippen molar-refractivity contribution in [1.82, 2.24) is 10.3 Å². The zero-order valence-corrected chi connectivity index (χ0v) is 14.9. The predicted molar refractivity (Wildman–Crippen MR) is 98.5 cm³/mol. The molecule has 1 saturated heterocycles. The molecule has 0 aliphatic carbocycles. The van der Waals surface area contributed by atoms with Gasteiger partial charge in [-0.05, 0) is 37.8 Å². The fourth-order valence-electron chi connectivity index (χ4n) is 3.04. The Morgan fingerprint density at radius 3 is 2.88 bits per heavy atom. The number of amides is 1. The highest BCUT2D eigenvalue weighted by molar-refractivity contribution is 7.22. The third-order valence-corrected chi connectivity index (χ3v) is 5.76. The highest BCUT2D eigenvalue weighted by atomic mass is 32.1. The number of hydrogen-bond donors (Lipinski definition) is 2. The summed E-state index contributed by atoms with van der Waals surface area (Å²) in [5, 5.41) is 13.6. The minimum Gasteiger partial charge on any atom is -0.393 e. The quantitative estimate of drug-likeness (QED) is 0.843.